The zero-order valence-corrected chi connectivity index (χ0v) is 19.6. The highest BCUT2D eigenvalue weighted by Gasteiger charge is 2.16. The number of para-hydroxylation sites is 1. The second-order valence-electron chi connectivity index (χ2n) is 7.89. The fourth-order valence-electron chi connectivity index (χ4n) is 3.79. The van der Waals surface area contributed by atoms with E-state index in [9.17, 15) is 9.59 Å². The standard InChI is InChI=1S/C27H27N3O5/c1-3-17-12-22(20-15-28-21-7-5-4-6-19(20)21)30-23(13-17)24(32)16-29-27(33)18-8-9-25(35-11-10-31)26(14-18)34-2/h4-9,12-15,28,31H,3,10-11,16H2,1-2H3,(H,29,33). The van der Waals surface area contributed by atoms with Crippen molar-refractivity contribution in [3.05, 3.63) is 77.6 Å². The van der Waals surface area contributed by atoms with Gasteiger partial charge in [-0.1, -0.05) is 25.1 Å². The van der Waals surface area contributed by atoms with Gasteiger partial charge in [-0.05, 0) is 48.4 Å². The van der Waals surface area contributed by atoms with Gasteiger partial charge < -0.3 is 24.9 Å². The third kappa shape index (κ3) is 5.33. The molecule has 1 amide bonds. The van der Waals surface area contributed by atoms with Crippen LogP contribution in [0, 0.1) is 0 Å². The zero-order valence-electron chi connectivity index (χ0n) is 19.6. The van der Waals surface area contributed by atoms with Gasteiger partial charge in [-0.2, -0.15) is 0 Å². The van der Waals surface area contributed by atoms with Crippen LogP contribution in [0.5, 0.6) is 11.5 Å². The van der Waals surface area contributed by atoms with Crippen LogP contribution in [0.15, 0.2) is 60.8 Å². The first kappa shape index (κ1) is 24.0. The van der Waals surface area contributed by atoms with E-state index in [1.165, 1.54) is 13.2 Å². The molecule has 0 fully saturated rings. The van der Waals surface area contributed by atoms with Crippen LogP contribution < -0.4 is 14.8 Å². The molecule has 0 saturated heterocycles. The number of nitrogens with one attached hydrogen (secondary N) is 2. The number of aliphatic hydroxyl groups excluding tert-OH is 1. The zero-order chi connectivity index (χ0) is 24.8. The Morgan fingerprint density at radius 3 is 2.69 bits per heavy atom. The maximum absolute atomic E-state index is 13.0. The molecule has 8 nitrogen and oxygen atoms in total. The summed E-state index contributed by atoms with van der Waals surface area (Å²) in [7, 11) is 1.46. The molecule has 0 atom stereocenters. The number of aromatic amines is 1. The molecule has 0 aliphatic rings. The molecule has 4 rings (SSSR count). The van der Waals surface area contributed by atoms with E-state index in [1.54, 1.807) is 18.2 Å². The normalized spacial score (nSPS) is 10.8. The van der Waals surface area contributed by atoms with E-state index in [4.69, 9.17) is 14.6 Å². The number of carbonyl (C=O) groups is 2. The van der Waals surface area contributed by atoms with Crippen LogP contribution in [0.4, 0.5) is 0 Å². The van der Waals surface area contributed by atoms with Gasteiger partial charge in [0.2, 0.25) is 0 Å². The number of fused-ring (bicyclic) bond motifs is 1. The van der Waals surface area contributed by atoms with Crippen LogP contribution in [-0.2, 0) is 6.42 Å². The van der Waals surface area contributed by atoms with Gasteiger partial charge in [0.1, 0.15) is 12.3 Å². The molecule has 2 heterocycles. The van der Waals surface area contributed by atoms with Crippen LogP contribution in [0.2, 0.25) is 0 Å². The van der Waals surface area contributed by atoms with Crippen molar-refractivity contribution < 1.29 is 24.2 Å². The number of H-pyrrole nitrogens is 1. The van der Waals surface area contributed by atoms with Crippen molar-refractivity contribution in [2.75, 3.05) is 26.9 Å². The lowest BCUT2D eigenvalue weighted by atomic mass is 10.0. The quantitative estimate of drug-likeness (QED) is 0.302. The van der Waals surface area contributed by atoms with Crippen molar-refractivity contribution in [3.63, 3.8) is 0 Å². The SMILES string of the molecule is CCc1cc(C(=O)CNC(=O)c2ccc(OCCO)c(OC)c2)nc(-c2c[nH]c3ccccc23)c1. The van der Waals surface area contributed by atoms with Gasteiger partial charge >= 0.3 is 0 Å². The summed E-state index contributed by atoms with van der Waals surface area (Å²) in [4.78, 5) is 33.5. The van der Waals surface area contributed by atoms with Crippen molar-refractivity contribution in [2.45, 2.75) is 13.3 Å². The molecule has 0 radical (unpaired) electrons. The number of benzene rings is 2. The molecule has 0 aliphatic heterocycles. The fraction of sp³-hybridized carbons (Fsp3) is 0.222. The summed E-state index contributed by atoms with van der Waals surface area (Å²) in [6.07, 6.45) is 2.64. The maximum Gasteiger partial charge on any atom is 0.251 e. The number of carbonyl (C=O) groups excluding carboxylic acids is 2. The summed E-state index contributed by atoms with van der Waals surface area (Å²) in [5.41, 5.74) is 4.23. The lowest BCUT2D eigenvalue weighted by molar-refractivity contribution is 0.0902. The summed E-state index contributed by atoms with van der Waals surface area (Å²) in [5, 5.41) is 12.6. The molecule has 0 bridgehead atoms. The Balaban J connectivity index is 1.51. The van der Waals surface area contributed by atoms with E-state index in [1.807, 2.05) is 43.5 Å². The van der Waals surface area contributed by atoms with E-state index in [0.29, 0.717) is 28.5 Å². The topological polar surface area (TPSA) is 114 Å². The van der Waals surface area contributed by atoms with E-state index >= 15 is 0 Å². The lowest BCUT2D eigenvalue weighted by Crippen LogP contribution is -2.30. The lowest BCUT2D eigenvalue weighted by Gasteiger charge is -2.12. The highest BCUT2D eigenvalue weighted by molar-refractivity contribution is 6.02. The number of amides is 1. The Labute approximate surface area is 202 Å². The number of aliphatic hydroxyl groups is 1. The summed E-state index contributed by atoms with van der Waals surface area (Å²) in [6, 6.07) is 16.4. The first-order valence-electron chi connectivity index (χ1n) is 11.3. The van der Waals surface area contributed by atoms with Gasteiger partial charge in [0.15, 0.2) is 17.3 Å². The molecule has 2 aromatic carbocycles. The largest absolute Gasteiger partial charge is 0.493 e. The predicted octanol–water partition coefficient (Wildman–Crippen LogP) is 3.78. The average molecular weight is 474 g/mol. The van der Waals surface area contributed by atoms with Crippen LogP contribution in [0.3, 0.4) is 0 Å². The number of rotatable bonds is 10. The minimum atomic E-state index is -0.422. The molecule has 0 spiro atoms. The first-order chi connectivity index (χ1) is 17.0. The smallest absolute Gasteiger partial charge is 0.251 e. The molecule has 2 aromatic heterocycles. The van der Waals surface area contributed by atoms with Gasteiger partial charge in [-0.3, -0.25) is 9.59 Å². The van der Waals surface area contributed by atoms with Gasteiger partial charge in [0.05, 0.1) is 26.0 Å². The minimum Gasteiger partial charge on any atom is -0.493 e. The van der Waals surface area contributed by atoms with Gasteiger partial charge in [-0.15, -0.1) is 0 Å². The number of pyridine rings is 1. The Morgan fingerprint density at radius 2 is 1.91 bits per heavy atom. The number of hydrogen-bond acceptors (Lipinski definition) is 6. The molecule has 3 N–H and O–H groups in total. The predicted molar refractivity (Wildman–Crippen MR) is 133 cm³/mol. The number of hydrogen-bond donors (Lipinski definition) is 3. The second kappa shape index (κ2) is 10.8. The molecule has 8 heteroatoms. The fourth-order valence-corrected chi connectivity index (χ4v) is 3.79. The third-order valence-electron chi connectivity index (χ3n) is 5.63. The molecular weight excluding hydrogens is 446 g/mol. The number of Topliss-reactive ketones (excluding diaryl/α,β-unsaturated/α-hetero) is 1. The van der Waals surface area contributed by atoms with E-state index < -0.39 is 5.91 Å². The average Bonchev–Trinajstić information content (AvgIpc) is 3.34. The van der Waals surface area contributed by atoms with E-state index in [0.717, 1.165) is 28.5 Å². The van der Waals surface area contributed by atoms with Crippen molar-refractivity contribution in [1.29, 1.82) is 0 Å². The highest BCUT2D eigenvalue weighted by atomic mass is 16.5. The Kier molecular flexibility index (Phi) is 7.42. The molecular formula is C27H27N3O5. The number of nitrogens with zero attached hydrogens (tertiary/aromatic N) is 1. The van der Waals surface area contributed by atoms with Crippen LogP contribution in [0.25, 0.3) is 22.2 Å². The van der Waals surface area contributed by atoms with Gasteiger partial charge in [0.25, 0.3) is 5.91 Å². The summed E-state index contributed by atoms with van der Waals surface area (Å²) in [6.45, 7) is 1.80. The summed E-state index contributed by atoms with van der Waals surface area (Å²) in [5.74, 6) is 0.0659. The number of ether oxygens (including phenoxy) is 2. The molecule has 35 heavy (non-hydrogen) atoms. The first-order valence-corrected chi connectivity index (χ1v) is 11.3. The molecule has 4 aromatic rings. The number of ketones is 1. The molecule has 0 saturated carbocycles. The molecule has 0 unspecified atom stereocenters. The third-order valence-corrected chi connectivity index (χ3v) is 5.63. The van der Waals surface area contributed by atoms with Crippen molar-refractivity contribution in [3.8, 4) is 22.8 Å². The Morgan fingerprint density at radius 1 is 1.09 bits per heavy atom. The number of aromatic nitrogens is 2. The van der Waals surface area contributed by atoms with Gasteiger partial charge in [0, 0.05) is 28.2 Å². The maximum atomic E-state index is 13.0. The van der Waals surface area contributed by atoms with Crippen LogP contribution in [-0.4, -0.2) is 53.6 Å². The van der Waals surface area contributed by atoms with Crippen molar-refractivity contribution in [2.24, 2.45) is 0 Å². The van der Waals surface area contributed by atoms with Gasteiger partial charge in [-0.25, -0.2) is 4.98 Å². The van der Waals surface area contributed by atoms with E-state index in [-0.39, 0.29) is 25.5 Å². The second-order valence-corrected chi connectivity index (χ2v) is 7.89. The molecule has 180 valence electrons. The monoisotopic (exact) mass is 473 g/mol. The van der Waals surface area contributed by atoms with Crippen molar-refractivity contribution in [1.82, 2.24) is 15.3 Å². The van der Waals surface area contributed by atoms with Crippen LogP contribution in [0.1, 0.15) is 33.3 Å². The Hall–Kier alpha value is -4.17. The van der Waals surface area contributed by atoms with Crippen LogP contribution >= 0.6 is 0 Å². The Bertz CT molecular complexity index is 1360. The minimum absolute atomic E-state index is 0.112. The highest BCUT2D eigenvalue weighted by Crippen LogP contribution is 2.29. The number of methoxy groups -OCH3 is 1. The van der Waals surface area contributed by atoms with Crippen molar-refractivity contribution >= 4 is 22.6 Å². The van der Waals surface area contributed by atoms with E-state index in [2.05, 4.69) is 15.3 Å². The summed E-state index contributed by atoms with van der Waals surface area (Å²) < 4.78 is 10.7. The number of aryl methyl sites for hydroxylation is 1. The summed E-state index contributed by atoms with van der Waals surface area (Å²) >= 11 is 0. The molecule has 0 aliphatic carbocycles.